The summed E-state index contributed by atoms with van der Waals surface area (Å²) in [7, 11) is 0. The zero-order valence-corrected chi connectivity index (χ0v) is 11.0. The van der Waals surface area contributed by atoms with Crippen LogP contribution in [0.4, 0.5) is 0 Å². The van der Waals surface area contributed by atoms with Gasteiger partial charge in [0.2, 0.25) is 0 Å². The average molecular weight is 245 g/mol. The van der Waals surface area contributed by atoms with Crippen LogP contribution < -0.4 is 0 Å². The summed E-state index contributed by atoms with van der Waals surface area (Å²) in [5, 5.41) is 9.75. The van der Waals surface area contributed by atoms with E-state index in [0.29, 0.717) is 6.04 Å². The summed E-state index contributed by atoms with van der Waals surface area (Å²) in [5.41, 5.74) is 1.22. The largest absolute Gasteiger partial charge is 0.394 e. The van der Waals surface area contributed by atoms with Crippen LogP contribution in [-0.2, 0) is 0 Å². The summed E-state index contributed by atoms with van der Waals surface area (Å²) < 4.78 is 0. The smallest absolute Gasteiger partial charge is 0.0628 e. The molecule has 1 fully saturated rings. The lowest BCUT2D eigenvalue weighted by molar-refractivity contribution is 0.0576. The second kappa shape index (κ2) is 6.72. The van der Waals surface area contributed by atoms with E-state index in [4.69, 9.17) is 0 Å². The van der Waals surface area contributed by atoms with Crippen LogP contribution in [0.15, 0.2) is 43.0 Å². The Morgan fingerprint density at radius 2 is 2.11 bits per heavy atom. The molecular weight excluding hydrogens is 222 g/mol. The molecular formula is C16H23NO. The molecule has 2 nitrogen and oxygen atoms in total. The van der Waals surface area contributed by atoms with Gasteiger partial charge in [-0.1, -0.05) is 42.8 Å². The van der Waals surface area contributed by atoms with Crippen LogP contribution >= 0.6 is 0 Å². The van der Waals surface area contributed by atoms with Crippen LogP contribution in [-0.4, -0.2) is 29.2 Å². The molecule has 1 heterocycles. The molecule has 1 aliphatic heterocycles. The van der Waals surface area contributed by atoms with Crippen molar-refractivity contribution >= 4 is 0 Å². The first-order chi connectivity index (χ1) is 8.86. The number of aliphatic hydroxyl groups excluding tert-OH is 1. The van der Waals surface area contributed by atoms with Crippen molar-refractivity contribution in [2.45, 2.75) is 37.8 Å². The van der Waals surface area contributed by atoms with Crippen molar-refractivity contribution in [2.24, 2.45) is 0 Å². The maximum atomic E-state index is 9.75. The number of nitrogens with zero attached hydrogens (tertiary/aromatic N) is 1. The minimum Gasteiger partial charge on any atom is -0.394 e. The number of benzene rings is 1. The minimum absolute atomic E-state index is 0.136. The maximum Gasteiger partial charge on any atom is 0.0628 e. The highest BCUT2D eigenvalue weighted by atomic mass is 16.3. The Balaban J connectivity index is 2.17. The van der Waals surface area contributed by atoms with Gasteiger partial charge in [-0.05, 0) is 31.4 Å². The number of piperidine rings is 1. The van der Waals surface area contributed by atoms with Gasteiger partial charge in [-0.15, -0.1) is 6.58 Å². The van der Waals surface area contributed by atoms with E-state index in [2.05, 4.69) is 23.6 Å². The Hall–Kier alpha value is -1.12. The van der Waals surface area contributed by atoms with Crippen LogP contribution in [0.3, 0.4) is 0 Å². The monoisotopic (exact) mass is 245 g/mol. The van der Waals surface area contributed by atoms with Crippen LogP contribution in [0.1, 0.15) is 37.3 Å². The second-order valence-corrected chi connectivity index (χ2v) is 5.02. The highest BCUT2D eigenvalue weighted by Gasteiger charge is 2.28. The van der Waals surface area contributed by atoms with Gasteiger partial charge in [-0.2, -0.15) is 0 Å². The lowest BCUT2D eigenvalue weighted by Crippen LogP contribution is -2.43. The van der Waals surface area contributed by atoms with E-state index in [-0.39, 0.29) is 12.6 Å². The molecule has 0 aromatic heterocycles. The molecule has 2 heteroatoms. The molecule has 0 spiro atoms. The molecule has 0 bridgehead atoms. The summed E-state index contributed by atoms with van der Waals surface area (Å²) in [6.07, 6.45) is 6.76. The molecule has 2 rings (SSSR count). The van der Waals surface area contributed by atoms with Crippen LogP contribution in [0.2, 0.25) is 0 Å². The summed E-state index contributed by atoms with van der Waals surface area (Å²) in [6.45, 7) is 5.13. The highest BCUT2D eigenvalue weighted by Crippen LogP contribution is 2.29. The van der Waals surface area contributed by atoms with E-state index < -0.39 is 0 Å². The van der Waals surface area contributed by atoms with Crippen molar-refractivity contribution in [2.75, 3.05) is 13.2 Å². The third-order valence-corrected chi connectivity index (χ3v) is 3.87. The predicted molar refractivity (Wildman–Crippen MR) is 75.4 cm³/mol. The molecule has 1 N–H and O–H groups in total. The highest BCUT2D eigenvalue weighted by molar-refractivity contribution is 5.19. The Labute approximate surface area is 110 Å². The lowest BCUT2D eigenvalue weighted by atomic mass is 9.95. The molecule has 1 aromatic rings. The number of aliphatic hydroxyl groups is 1. The van der Waals surface area contributed by atoms with E-state index in [9.17, 15) is 5.11 Å². The summed E-state index contributed by atoms with van der Waals surface area (Å²) in [4.78, 5) is 2.46. The van der Waals surface area contributed by atoms with Gasteiger partial charge in [0.1, 0.15) is 0 Å². The standard InChI is InChI=1S/C16H23NO/c1-2-8-15-11-6-7-12-17(15)16(13-18)14-9-4-3-5-10-14/h2-5,9-10,15-16,18H,1,6-8,11-13H2/t15-,16+/m1/s1. The average Bonchev–Trinajstić information content (AvgIpc) is 2.43. The van der Waals surface area contributed by atoms with Crippen molar-refractivity contribution < 1.29 is 5.11 Å². The van der Waals surface area contributed by atoms with Gasteiger partial charge in [0, 0.05) is 6.04 Å². The first-order valence-corrected chi connectivity index (χ1v) is 6.89. The van der Waals surface area contributed by atoms with Gasteiger partial charge in [0.05, 0.1) is 12.6 Å². The molecule has 1 aliphatic rings. The fraction of sp³-hybridized carbons (Fsp3) is 0.500. The Morgan fingerprint density at radius 1 is 1.33 bits per heavy atom. The lowest BCUT2D eigenvalue weighted by Gasteiger charge is -2.40. The molecule has 0 radical (unpaired) electrons. The maximum absolute atomic E-state index is 9.75. The van der Waals surface area contributed by atoms with Gasteiger partial charge < -0.3 is 5.11 Å². The van der Waals surface area contributed by atoms with Crippen LogP contribution in [0.5, 0.6) is 0 Å². The van der Waals surface area contributed by atoms with Crippen LogP contribution in [0, 0.1) is 0 Å². The van der Waals surface area contributed by atoms with E-state index in [1.807, 2.05) is 24.3 Å². The first-order valence-electron chi connectivity index (χ1n) is 6.89. The second-order valence-electron chi connectivity index (χ2n) is 5.02. The molecule has 98 valence electrons. The van der Waals surface area contributed by atoms with Crippen molar-refractivity contribution in [1.29, 1.82) is 0 Å². The van der Waals surface area contributed by atoms with Gasteiger partial charge in [0.15, 0.2) is 0 Å². The number of hydrogen-bond acceptors (Lipinski definition) is 2. The van der Waals surface area contributed by atoms with Crippen molar-refractivity contribution in [3.05, 3.63) is 48.6 Å². The summed E-state index contributed by atoms with van der Waals surface area (Å²) in [5.74, 6) is 0. The van der Waals surface area contributed by atoms with Crippen molar-refractivity contribution in [1.82, 2.24) is 4.90 Å². The number of likely N-dealkylation sites (tertiary alicyclic amines) is 1. The zero-order valence-electron chi connectivity index (χ0n) is 11.0. The van der Waals surface area contributed by atoms with E-state index in [1.165, 1.54) is 24.8 Å². The third-order valence-electron chi connectivity index (χ3n) is 3.87. The molecule has 1 aromatic carbocycles. The first kappa shape index (κ1) is 13.3. The fourth-order valence-electron chi connectivity index (χ4n) is 2.96. The Kier molecular flexibility index (Phi) is 4.97. The van der Waals surface area contributed by atoms with E-state index in [1.54, 1.807) is 0 Å². The number of rotatable bonds is 5. The van der Waals surface area contributed by atoms with Crippen molar-refractivity contribution in [3.8, 4) is 0 Å². The Bertz CT molecular complexity index is 363. The van der Waals surface area contributed by atoms with Crippen LogP contribution in [0.25, 0.3) is 0 Å². The zero-order chi connectivity index (χ0) is 12.8. The SMILES string of the molecule is C=CC[C@@H]1CCCCN1[C@@H](CO)c1ccccc1. The van der Waals surface area contributed by atoms with Gasteiger partial charge in [0.25, 0.3) is 0 Å². The molecule has 0 amide bonds. The molecule has 0 aliphatic carbocycles. The number of hydrogen-bond donors (Lipinski definition) is 1. The minimum atomic E-state index is 0.136. The summed E-state index contributed by atoms with van der Waals surface area (Å²) >= 11 is 0. The molecule has 18 heavy (non-hydrogen) atoms. The van der Waals surface area contributed by atoms with E-state index >= 15 is 0 Å². The molecule has 0 saturated carbocycles. The molecule has 0 unspecified atom stereocenters. The molecule has 1 saturated heterocycles. The van der Waals surface area contributed by atoms with Gasteiger partial charge >= 0.3 is 0 Å². The predicted octanol–water partition coefficient (Wildman–Crippen LogP) is 3.15. The normalized spacial score (nSPS) is 22.6. The third kappa shape index (κ3) is 3.01. The van der Waals surface area contributed by atoms with Gasteiger partial charge in [-0.25, -0.2) is 0 Å². The molecule has 2 atom stereocenters. The quantitative estimate of drug-likeness (QED) is 0.806. The topological polar surface area (TPSA) is 23.5 Å². The fourth-order valence-corrected chi connectivity index (χ4v) is 2.96. The van der Waals surface area contributed by atoms with E-state index in [0.717, 1.165) is 13.0 Å². The van der Waals surface area contributed by atoms with Gasteiger partial charge in [-0.3, -0.25) is 4.90 Å². The van der Waals surface area contributed by atoms with Crippen molar-refractivity contribution in [3.63, 3.8) is 0 Å². The summed E-state index contributed by atoms with van der Waals surface area (Å²) in [6, 6.07) is 11.0. The Morgan fingerprint density at radius 3 is 2.78 bits per heavy atom.